The Balaban J connectivity index is 0.00000306. The highest BCUT2D eigenvalue weighted by Gasteiger charge is 2.36. The van der Waals surface area contributed by atoms with Crippen molar-refractivity contribution in [3.05, 3.63) is 32.7 Å². The molecule has 1 unspecified atom stereocenters. The van der Waals surface area contributed by atoms with Crippen molar-refractivity contribution in [3.63, 3.8) is 0 Å². The Morgan fingerprint density at radius 3 is 2.27 bits per heavy atom. The summed E-state index contributed by atoms with van der Waals surface area (Å²) in [6.45, 7) is -0.489. The number of anilines is 1. The maximum atomic E-state index is 13.0. The van der Waals surface area contributed by atoms with E-state index in [1.54, 1.807) is 11.1 Å². The number of aromatic nitrogens is 4. The van der Waals surface area contributed by atoms with Crippen LogP contribution in [0.4, 0.5) is 32.3 Å². The maximum Gasteiger partial charge on any atom is 0.390 e. The van der Waals surface area contributed by atoms with E-state index in [-0.39, 0.29) is 35.4 Å². The number of fused-ring (bicyclic) bond motifs is 2. The van der Waals surface area contributed by atoms with Crippen molar-refractivity contribution in [1.82, 2.24) is 24.0 Å². The molecule has 15 heteroatoms. The van der Waals surface area contributed by atoms with Gasteiger partial charge in [-0.2, -0.15) is 31.3 Å². The maximum absolute atomic E-state index is 13.0. The Kier molecular flexibility index (Phi) is 6.52. The monoisotopic (exact) mass is 502 g/mol. The van der Waals surface area contributed by atoms with Crippen LogP contribution in [0.3, 0.4) is 0 Å². The van der Waals surface area contributed by atoms with E-state index in [1.165, 1.54) is 7.05 Å². The van der Waals surface area contributed by atoms with E-state index in [2.05, 4.69) is 10.3 Å². The molecule has 1 saturated heterocycles. The summed E-state index contributed by atoms with van der Waals surface area (Å²) in [4.78, 5) is 31.6. The fourth-order valence-electron chi connectivity index (χ4n) is 4.16. The smallest absolute Gasteiger partial charge is 0.389 e. The number of halogens is 7. The minimum absolute atomic E-state index is 0. The predicted molar refractivity (Wildman–Crippen MR) is 109 cm³/mol. The predicted octanol–water partition coefficient (Wildman–Crippen LogP) is 2.49. The van der Waals surface area contributed by atoms with E-state index in [0.717, 1.165) is 21.3 Å². The van der Waals surface area contributed by atoms with E-state index < -0.39 is 49.5 Å². The van der Waals surface area contributed by atoms with Gasteiger partial charge in [-0.25, -0.2) is 4.79 Å². The minimum Gasteiger partial charge on any atom is -0.389 e. The quantitative estimate of drug-likeness (QED) is 0.636. The highest BCUT2D eigenvalue weighted by Crippen LogP contribution is 2.36. The highest BCUT2D eigenvalue weighted by atomic mass is 35.5. The largest absolute Gasteiger partial charge is 0.390 e. The van der Waals surface area contributed by atoms with Crippen molar-refractivity contribution < 1.29 is 26.3 Å². The number of hydrogen-bond donors (Lipinski definition) is 1. The third-order valence-corrected chi connectivity index (χ3v) is 5.74. The fraction of sp³-hybridized carbons (Fsp3) is 0.611. The molecule has 1 atom stereocenters. The summed E-state index contributed by atoms with van der Waals surface area (Å²) in [6, 6.07) is 0. The van der Waals surface area contributed by atoms with Gasteiger partial charge < -0.3 is 14.8 Å². The summed E-state index contributed by atoms with van der Waals surface area (Å²) in [6.07, 6.45) is -9.41. The second kappa shape index (κ2) is 8.61. The van der Waals surface area contributed by atoms with E-state index in [0.29, 0.717) is 17.7 Å². The van der Waals surface area contributed by atoms with Gasteiger partial charge in [0.1, 0.15) is 0 Å². The number of aryl methyl sites for hydroxylation is 2. The average Bonchev–Trinajstić information content (AvgIpc) is 3.37. The van der Waals surface area contributed by atoms with Crippen LogP contribution in [0.1, 0.15) is 19.3 Å². The summed E-state index contributed by atoms with van der Waals surface area (Å²) < 4.78 is 79.5. The Morgan fingerprint density at radius 2 is 1.67 bits per heavy atom. The van der Waals surface area contributed by atoms with Crippen LogP contribution in [0.25, 0.3) is 11.2 Å². The van der Waals surface area contributed by atoms with Gasteiger partial charge in [0.25, 0.3) is 5.56 Å². The number of alkyl halides is 6. The van der Waals surface area contributed by atoms with Crippen molar-refractivity contribution in [2.24, 2.45) is 13.0 Å². The van der Waals surface area contributed by atoms with E-state index in [9.17, 15) is 35.9 Å². The van der Waals surface area contributed by atoms with Crippen LogP contribution < -0.4 is 21.5 Å². The molecule has 2 aliphatic rings. The second-order valence-electron chi connectivity index (χ2n) is 7.88. The summed E-state index contributed by atoms with van der Waals surface area (Å²) in [5.74, 6) is 0.195. The molecule has 33 heavy (non-hydrogen) atoms. The zero-order valence-electron chi connectivity index (χ0n) is 17.3. The van der Waals surface area contributed by atoms with Gasteiger partial charge in [-0.05, 0) is 6.42 Å². The van der Waals surface area contributed by atoms with Crippen molar-refractivity contribution in [2.45, 2.75) is 44.7 Å². The molecular formula is C18H21ClF6N6O2. The van der Waals surface area contributed by atoms with Crippen LogP contribution >= 0.6 is 12.4 Å². The van der Waals surface area contributed by atoms with E-state index in [4.69, 9.17) is 0 Å². The molecule has 0 aliphatic carbocycles. The topological polar surface area (TPSA) is 77.1 Å². The SMILES string of the molecule is Cl.Cn1c(=O)n(CCC(F)(F)F)c(=O)c2c1nc(N1CCC3CNC=C31)n2CCC(F)(F)F. The summed E-state index contributed by atoms with van der Waals surface area (Å²) in [5, 5.41) is 3.06. The molecule has 0 spiro atoms. The van der Waals surface area contributed by atoms with Gasteiger partial charge in [-0.15, -0.1) is 12.4 Å². The van der Waals surface area contributed by atoms with Crippen LogP contribution in [-0.2, 0) is 20.1 Å². The van der Waals surface area contributed by atoms with Crippen molar-refractivity contribution in [3.8, 4) is 0 Å². The van der Waals surface area contributed by atoms with Crippen molar-refractivity contribution >= 4 is 29.5 Å². The van der Waals surface area contributed by atoms with Crippen LogP contribution in [0.5, 0.6) is 0 Å². The first-order valence-electron chi connectivity index (χ1n) is 9.92. The molecule has 4 heterocycles. The molecule has 184 valence electrons. The Hall–Kier alpha value is -2.64. The summed E-state index contributed by atoms with van der Waals surface area (Å²) in [5.41, 5.74) is -1.81. The molecule has 2 aliphatic heterocycles. The van der Waals surface area contributed by atoms with Crippen LogP contribution in [0.2, 0.25) is 0 Å². The lowest BCUT2D eigenvalue weighted by Gasteiger charge is -2.20. The molecule has 0 amide bonds. The fourth-order valence-corrected chi connectivity index (χ4v) is 4.16. The van der Waals surface area contributed by atoms with Gasteiger partial charge in [0.05, 0.1) is 12.8 Å². The summed E-state index contributed by atoms with van der Waals surface area (Å²) >= 11 is 0. The zero-order chi connectivity index (χ0) is 23.4. The lowest BCUT2D eigenvalue weighted by Crippen LogP contribution is -2.40. The lowest BCUT2D eigenvalue weighted by atomic mass is 10.1. The molecule has 8 nitrogen and oxygen atoms in total. The Labute approximate surface area is 188 Å². The number of rotatable bonds is 5. The van der Waals surface area contributed by atoms with Gasteiger partial charge >= 0.3 is 18.0 Å². The molecule has 4 rings (SSSR count). The number of hydrogen-bond acceptors (Lipinski definition) is 5. The first-order chi connectivity index (χ1) is 14.9. The van der Waals surface area contributed by atoms with Crippen molar-refractivity contribution in [1.29, 1.82) is 0 Å². The minimum atomic E-state index is -4.62. The molecule has 1 N–H and O–H groups in total. The molecule has 0 aromatic carbocycles. The third kappa shape index (κ3) is 4.70. The number of nitrogens with one attached hydrogen (secondary N) is 1. The van der Waals surface area contributed by atoms with Crippen LogP contribution in [0, 0.1) is 5.92 Å². The Morgan fingerprint density at radius 1 is 1.06 bits per heavy atom. The molecule has 1 fully saturated rings. The molecule has 2 aromatic heterocycles. The molecule has 2 aromatic rings. The van der Waals surface area contributed by atoms with Crippen LogP contribution in [-0.4, -0.2) is 44.1 Å². The summed E-state index contributed by atoms with van der Waals surface area (Å²) in [7, 11) is 1.22. The standard InChI is InChI=1S/C18H20F6N6O2.ClH/c1-27-13-12(14(31)30(16(27)32)7-4-18(22,23)24)29(6-3-17(19,20)21)15(26-13)28-5-2-10-8-25-9-11(10)28;/h9-10,25H,2-8H2,1H3;1H. The molecular weight excluding hydrogens is 482 g/mol. The molecule has 0 radical (unpaired) electrons. The highest BCUT2D eigenvalue weighted by molar-refractivity contribution is 5.85. The third-order valence-electron chi connectivity index (χ3n) is 5.74. The number of nitrogens with zero attached hydrogens (tertiary/aromatic N) is 5. The zero-order valence-corrected chi connectivity index (χ0v) is 18.1. The Bertz CT molecular complexity index is 1190. The first kappa shape index (κ1) is 25.0. The van der Waals surface area contributed by atoms with E-state index in [1.807, 2.05) is 0 Å². The van der Waals surface area contributed by atoms with Gasteiger partial charge in [0, 0.05) is 51.0 Å². The van der Waals surface area contributed by atoms with Crippen molar-refractivity contribution in [2.75, 3.05) is 18.0 Å². The average molecular weight is 503 g/mol. The molecule has 0 bridgehead atoms. The van der Waals surface area contributed by atoms with Gasteiger partial charge in [0.15, 0.2) is 11.2 Å². The van der Waals surface area contributed by atoms with Crippen LogP contribution in [0.15, 0.2) is 21.5 Å². The van der Waals surface area contributed by atoms with Gasteiger partial charge in [-0.3, -0.25) is 13.9 Å². The normalized spacial score (nSPS) is 18.3. The van der Waals surface area contributed by atoms with Gasteiger partial charge in [-0.1, -0.05) is 0 Å². The lowest BCUT2D eigenvalue weighted by molar-refractivity contribution is -0.137. The molecule has 0 saturated carbocycles. The second-order valence-corrected chi connectivity index (χ2v) is 7.88. The number of imidazole rings is 1. The first-order valence-corrected chi connectivity index (χ1v) is 9.92. The van der Waals surface area contributed by atoms with E-state index >= 15 is 0 Å². The van der Waals surface area contributed by atoms with Gasteiger partial charge in [0.2, 0.25) is 5.95 Å².